The number of aromatic nitrogens is 4. The third-order valence-electron chi connectivity index (χ3n) is 2.77. The molecule has 1 N–H and O–H groups in total. The summed E-state index contributed by atoms with van der Waals surface area (Å²) >= 11 is 3.33. The van der Waals surface area contributed by atoms with Crippen LogP contribution >= 0.6 is 15.9 Å². The average molecular weight is 344 g/mol. The van der Waals surface area contributed by atoms with E-state index in [4.69, 9.17) is 0 Å². The van der Waals surface area contributed by atoms with Gasteiger partial charge in [-0.25, -0.2) is 15.0 Å². The molecule has 3 aromatic rings. The zero-order valence-corrected chi connectivity index (χ0v) is 12.4. The van der Waals surface area contributed by atoms with Gasteiger partial charge < -0.3 is 5.32 Å². The van der Waals surface area contributed by atoms with Crippen LogP contribution in [0, 0.1) is 0 Å². The summed E-state index contributed by atoms with van der Waals surface area (Å²) in [5.74, 6) is 0.841. The molecule has 104 valence electrons. The molecule has 0 radical (unpaired) electrons. The zero-order chi connectivity index (χ0) is 14.7. The van der Waals surface area contributed by atoms with E-state index in [9.17, 15) is 4.79 Å². The van der Waals surface area contributed by atoms with Crippen LogP contribution in [0.2, 0.25) is 0 Å². The maximum atomic E-state index is 12.1. The molecule has 1 amide bonds. The van der Waals surface area contributed by atoms with Crippen molar-refractivity contribution in [3.05, 3.63) is 65.4 Å². The van der Waals surface area contributed by atoms with Gasteiger partial charge in [-0.15, -0.1) is 0 Å². The maximum absolute atomic E-state index is 12.1. The second-order valence-electron chi connectivity index (χ2n) is 4.19. The Morgan fingerprint density at radius 2 is 2.00 bits per heavy atom. The highest BCUT2D eigenvalue weighted by atomic mass is 79.9. The van der Waals surface area contributed by atoms with E-state index in [0.29, 0.717) is 17.2 Å². The fourth-order valence-electron chi connectivity index (χ4n) is 1.74. The predicted octanol–water partition coefficient (Wildman–Crippen LogP) is 2.68. The van der Waals surface area contributed by atoms with Crippen LogP contribution in [0.15, 0.2) is 59.9 Å². The SMILES string of the molecule is O=C(Nc1cc(-n2ccnc2)ncn1)c1ccc(Br)cc1. The number of carbonyl (C=O) groups excluding carboxylic acids is 1. The minimum atomic E-state index is -0.224. The molecule has 0 spiro atoms. The van der Waals surface area contributed by atoms with E-state index in [1.807, 2.05) is 12.1 Å². The summed E-state index contributed by atoms with van der Waals surface area (Å²) in [5, 5.41) is 2.74. The highest BCUT2D eigenvalue weighted by molar-refractivity contribution is 9.10. The summed E-state index contributed by atoms with van der Waals surface area (Å²) in [6, 6.07) is 8.77. The van der Waals surface area contributed by atoms with Crippen LogP contribution in [0.4, 0.5) is 5.82 Å². The highest BCUT2D eigenvalue weighted by Crippen LogP contribution is 2.13. The Hall–Kier alpha value is -2.54. The van der Waals surface area contributed by atoms with Gasteiger partial charge in [0.15, 0.2) is 0 Å². The number of rotatable bonds is 3. The summed E-state index contributed by atoms with van der Waals surface area (Å²) in [6.07, 6.45) is 6.44. The number of nitrogens with zero attached hydrogens (tertiary/aromatic N) is 4. The lowest BCUT2D eigenvalue weighted by atomic mass is 10.2. The Morgan fingerprint density at radius 1 is 1.19 bits per heavy atom. The van der Waals surface area contributed by atoms with Gasteiger partial charge in [-0.2, -0.15) is 0 Å². The molecular weight excluding hydrogens is 334 g/mol. The van der Waals surface area contributed by atoms with Gasteiger partial charge in [0, 0.05) is 28.5 Å². The first-order chi connectivity index (χ1) is 10.2. The number of carbonyl (C=O) groups is 1. The molecule has 0 fully saturated rings. The number of benzene rings is 1. The molecular formula is C14H10BrN5O. The molecule has 6 nitrogen and oxygen atoms in total. The first-order valence-electron chi connectivity index (χ1n) is 6.10. The Bertz CT molecular complexity index is 755. The minimum absolute atomic E-state index is 0.224. The molecule has 0 aliphatic heterocycles. The Balaban J connectivity index is 1.80. The topological polar surface area (TPSA) is 72.7 Å². The van der Waals surface area contributed by atoms with E-state index in [1.54, 1.807) is 41.5 Å². The summed E-state index contributed by atoms with van der Waals surface area (Å²) in [5.41, 5.74) is 0.556. The van der Waals surface area contributed by atoms with Gasteiger partial charge in [0.2, 0.25) is 0 Å². The van der Waals surface area contributed by atoms with E-state index in [1.165, 1.54) is 6.33 Å². The molecule has 0 aliphatic rings. The maximum Gasteiger partial charge on any atom is 0.256 e. The normalized spacial score (nSPS) is 10.3. The van der Waals surface area contributed by atoms with Gasteiger partial charge in [-0.3, -0.25) is 9.36 Å². The predicted molar refractivity (Wildman–Crippen MR) is 81.2 cm³/mol. The Kier molecular flexibility index (Phi) is 3.74. The second kappa shape index (κ2) is 5.84. The summed E-state index contributed by atoms with van der Waals surface area (Å²) in [7, 11) is 0. The number of hydrogen-bond acceptors (Lipinski definition) is 4. The van der Waals surface area contributed by atoms with E-state index in [0.717, 1.165) is 4.47 Å². The van der Waals surface area contributed by atoms with Crippen molar-refractivity contribution in [3.8, 4) is 5.82 Å². The molecule has 2 aromatic heterocycles. The van der Waals surface area contributed by atoms with E-state index < -0.39 is 0 Å². The third-order valence-corrected chi connectivity index (χ3v) is 3.30. The average Bonchev–Trinajstić information content (AvgIpc) is 3.02. The molecule has 7 heteroatoms. The van der Waals surface area contributed by atoms with Gasteiger partial charge in [-0.1, -0.05) is 15.9 Å². The van der Waals surface area contributed by atoms with Crippen molar-refractivity contribution in [1.82, 2.24) is 19.5 Å². The minimum Gasteiger partial charge on any atom is -0.306 e. The molecule has 0 aliphatic carbocycles. The van der Waals surface area contributed by atoms with Crippen LogP contribution in [0.3, 0.4) is 0 Å². The van der Waals surface area contributed by atoms with E-state index in [2.05, 4.69) is 36.2 Å². The van der Waals surface area contributed by atoms with Crippen LogP contribution in [0.5, 0.6) is 0 Å². The van der Waals surface area contributed by atoms with Crippen molar-refractivity contribution >= 4 is 27.7 Å². The summed E-state index contributed by atoms with van der Waals surface area (Å²) in [6.45, 7) is 0. The lowest BCUT2D eigenvalue weighted by Gasteiger charge is -2.06. The number of hydrogen-bond donors (Lipinski definition) is 1. The van der Waals surface area contributed by atoms with Crippen LogP contribution < -0.4 is 5.32 Å². The number of halogens is 1. The van der Waals surface area contributed by atoms with Gasteiger partial charge in [0.05, 0.1) is 0 Å². The Morgan fingerprint density at radius 3 is 2.71 bits per heavy atom. The number of amides is 1. The second-order valence-corrected chi connectivity index (χ2v) is 5.11. The third kappa shape index (κ3) is 3.14. The lowest BCUT2D eigenvalue weighted by Crippen LogP contribution is -2.13. The first-order valence-corrected chi connectivity index (χ1v) is 6.89. The lowest BCUT2D eigenvalue weighted by molar-refractivity contribution is 0.102. The molecule has 21 heavy (non-hydrogen) atoms. The van der Waals surface area contributed by atoms with Gasteiger partial charge >= 0.3 is 0 Å². The van der Waals surface area contributed by atoms with Crippen molar-refractivity contribution < 1.29 is 4.79 Å². The quantitative estimate of drug-likeness (QED) is 0.793. The van der Waals surface area contributed by atoms with E-state index in [-0.39, 0.29) is 5.91 Å². The van der Waals surface area contributed by atoms with Gasteiger partial charge in [0.25, 0.3) is 5.91 Å². The summed E-state index contributed by atoms with van der Waals surface area (Å²) < 4.78 is 2.65. The van der Waals surface area contributed by atoms with Gasteiger partial charge in [0.1, 0.15) is 24.3 Å². The molecule has 3 rings (SSSR count). The number of anilines is 1. The van der Waals surface area contributed by atoms with E-state index >= 15 is 0 Å². The molecule has 1 aromatic carbocycles. The van der Waals surface area contributed by atoms with Gasteiger partial charge in [-0.05, 0) is 24.3 Å². The molecule has 0 saturated carbocycles. The molecule has 0 bridgehead atoms. The smallest absolute Gasteiger partial charge is 0.256 e. The summed E-state index contributed by atoms with van der Waals surface area (Å²) in [4.78, 5) is 24.2. The van der Waals surface area contributed by atoms with Crippen molar-refractivity contribution in [2.24, 2.45) is 0 Å². The van der Waals surface area contributed by atoms with Crippen LogP contribution in [-0.4, -0.2) is 25.4 Å². The molecule has 2 heterocycles. The zero-order valence-electron chi connectivity index (χ0n) is 10.8. The highest BCUT2D eigenvalue weighted by Gasteiger charge is 2.08. The standard InChI is InChI=1S/C14H10BrN5O/c15-11-3-1-10(2-4-11)14(21)19-12-7-13(18-8-17-12)20-6-5-16-9-20/h1-9H,(H,17,18,19,21). The molecule has 0 unspecified atom stereocenters. The largest absolute Gasteiger partial charge is 0.306 e. The first kappa shape index (κ1) is 13.4. The van der Waals surface area contributed by atoms with Crippen molar-refractivity contribution in [2.75, 3.05) is 5.32 Å². The van der Waals surface area contributed by atoms with Crippen LogP contribution in [0.25, 0.3) is 5.82 Å². The number of imidazole rings is 1. The van der Waals surface area contributed by atoms with Crippen LogP contribution in [-0.2, 0) is 0 Å². The molecule has 0 atom stereocenters. The fraction of sp³-hybridized carbons (Fsp3) is 0. The van der Waals surface area contributed by atoms with Crippen LogP contribution in [0.1, 0.15) is 10.4 Å². The number of nitrogens with one attached hydrogen (secondary N) is 1. The molecule has 0 saturated heterocycles. The monoisotopic (exact) mass is 343 g/mol. The van der Waals surface area contributed by atoms with Crippen molar-refractivity contribution in [3.63, 3.8) is 0 Å². The fourth-order valence-corrected chi connectivity index (χ4v) is 2.01. The van der Waals surface area contributed by atoms with Crippen molar-refractivity contribution in [1.29, 1.82) is 0 Å². The Labute approximate surface area is 129 Å². The van der Waals surface area contributed by atoms with Crippen molar-refractivity contribution in [2.45, 2.75) is 0 Å².